The minimum atomic E-state index is 0.512. The predicted octanol–water partition coefficient (Wildman–Crippen LogP) is 1.51. The summed E-state index contributed by atoms with van der Waals surface area (Å²) in [7, 11) is 0. The largest absolute Gasteiger partial charge is 0.299 e. The molecule has 2 aromatic heterocycles. The van der Waals surface area contributed by atoms with Gasteiger partial charge >= 0.3 is 0 Å². The molecule has 1 aliphatic rings. The molecule has 3 rings (SSSR count). The predicted molar refractivity (Wildman–Crippen MR) is 67.8 cm³/mol. The number of pyridine rings is 1. The molecule has 0 saturated carbocycles. The van der Waals surface area contributed by atoms with Crippen LogP contribution in [0.15, 0.2) is 36.9 Å². The number of aromatic nitrogens is 4. The lowest BCUT2D eigenvalue weighted by molar-refractivity contribution is 0.172. The molecule has 0 radical (unpaired) electrons. The number of rotatable bonds is 3. The maximum absolute atomic E-state index is 4.16. The third-order valence-corrected chi connectivity index (χ3v) is 3.50. The summed E-state index contributed by atoms with van der Waals surface area (Å²) in [6.45, 7) is 3.22. The lowest BCUT2D eigenvalue weighted by Gasteiger charge is -2.31. The van der Waals surface area contributed by atoms with Crippen molar-refractivity contribution < 1.29 is 0 Å². The molecule has 1 saturated heterocycles. The van der Waals surface area contributed by atoms with E-state index in [1.165, 1.54) is 5.56 Å². The first kappa shape index (κ1) is 11.3. The van der Waals surface area contributed by atoms with Gasteiger partial charge in [0.2, 0.25) is 0 Å². The summed E-state index contributed by atoms with van der Waals surface area (Å²) in [5.74, 6) is 0. The van der Waals surface area contributed by atoms with Crippen molar-refractivity contribution in [2.75, 3.05) is 13.1 Å². The zero-order chi connectivity index (χ0) is 12.2. The van der Waals surface area contributed by atoms with Gasteiger partial charge in [-0.15, -0.1) is 5.10 Å². The highest BCUT2D eigenvalue weighted by Crippen LogP contribution is 2.22. The van der Waals surface area contributed by atoms with Crippen molar-refractivity contribution in [2.45, 2.75) is 25.4 Å². The van der Waals surface area contributed by atoms with Crippen LogP contribution in [0, 0.1) is 0 Å². The first-order chi connectivity index (χ1) is 8.92. The molecular weight excluding hydrogens is 226 g/mol. The van der Waals surface area contributed by atoms with E-state index in [9.17, 15) is 0 Å². The second-order valence-corrected chi connectivity index (χ2v) is 4.75. The second kappa shape index (κ2) is 5.27. The minimum Gasteiger partial charge on any atom is -0.299 e. The van der Waals surface area contributed by atoms with Crippen LogP contribution in [0.25, 0.3) is 0 Å². The average molecular weight is 243 g/mol. The average Bonchev–Trinajstić information content (AvgIpc) is 2.95. The molecule has 5 heteroatoms. The zero-order valence-corrected chi connectivity index (χ0v) is 10.3. The SMILES string of the molecule is c1cncc(CN2CCC(n3ccnn3)CC2)c1. The van der Waals surface area contributed by atoms with Crippen molar-refractivity contribution in [3.8, 4) is 0 Å². The van der Waals surface area contributed by atoms with Crippen LogP contribution < -0.4 is 0 Å². The van der Waals surface area contributed by atoms with E-state index in [2.05, 4.69) is 26.3 Å². The Bertz CT molecular complexity index is 459. The number of hydrogen-bond acceptors (Lipinski definition) is 4. The van der Waals surface area contributed by atoms with Crippen LogP contribution >= 0.6 is 0 Å². The van der Waals surface area contributed by atoms with Gasteiger partial charge in [0.05, 0.1) is 12.2 Å². The fourth-order valence-corrected chi connectivity index (χ4v) is 2.50. The van der Waals surface area contributed by atoms with Gasteiger partial charge in [-0.25, -0.2) is 4.68 Å². The molecule has 3 heterocycles. The van der Waals surface area contributed by atoms with Gasteiger partial charge in [0.1, 0.15) is 0 Å². The van der Waals surface area contributed by atoms with Crippen LogP contribution in [0.4, 0.5) is 0 Å². The first-order valence-corrected chi connectivity index (χ1v) is 6.39. The lowest BCUT2D eigenvalue weighted by Crippen LogP contribution is -2.34. The van der Waals surface area contributed by atoms with Gasteiger partial charge in [-0.1, -0.05) is 11.3 Å². The monoisotopic (exact) mass is 243 g/mol. The molecule has 2 aromatic rings. The molecule has 0 N–H and O–H groups in total. The highest BCUT2D eigenvalue weighted by molar-refractivity contribution is 5.08. The molecule has 94 valence electrons. The van der Waals surface area contributed by atoms with Gasteiger partial charge in [-0.05, 0) is 24.5 Å². The minimum absolute atomic E-state index is 0.512. The zero-order valence-electron chi connectivity index (χ0n) is 10.3. The van der Waals surface area contributed by atoms with E-state index in [1.807, 2.05) is 29.3 Å². The third kappa shape index (κ3) is 2.56. The molecule has 0 unspecified atom stereocenters. The number of likely N-dealkylation sites (tertiary alicyclic amines) is 1. The molecular formula is C13H17N5. The summed E-state index contributed by atoms with van der Waals surface area (Å²) in [5.41, 5.74) is 1.29. The van der Waals surface area contributed by atoms with Crippen molar-refractivity contribution in [1.82, 2.24) is 24.9 Å². The van der Waals surface area contributed by atoms with Crippen molar-refractivity contribution in [3.63, 3.8) is 0 Å². The summed E-state index contributed by atoms with van der Waals surface area (Å²) in [6, 6.07) is 4.64. The molecule has 18 heavy (non-hydrogen) atoms. The summed E-state index contributed by atoms with van der Waals surface area (Å²) >= 11 is 0. The summed E-state index contributed by atoms with van der Waals surface area (Å²) < 4.78 is 1.99. The Morgan fingerprint density at radius 1 is 1.22 bits per heavy atom. The van der Waals surface area contributed by atoms with Crippen molar-refractivity contribution in [1.29, 1.82) is 0 Å². The molecule has 1 aliphatic heterocycles. The molecule has 0 aliphatic carbocycles. The summed E-state index contributed by atoms with van der Waals surface area (Å²) in [4.78, 5) is 6.63. The van der Waals surface area contributed by atoms with E-state index in [1.54, 1.807) is 6.20 Å². The van der Waals surface area contributed by atoms with Crippen LogP contribution in [-0.2, 0) is 6.54 Å². The van der Waals surface area contributed by atoms with Crippen molar-refractivity contribution in [2.24, 2.45) is 0 Å². The summed E-state index contributed by atoms with van der Waals surface area (Å²) in [5, 5.41) is 7.96. The van der Waals surface area contributed by atoms with Crippen LogP contribution in [-0.4, -0.2) is 38.0 Å². The van der Waals surface area contributed by atoms with Crippen LogP contribution in [0.3, 0.4) is 0 Å². The van der Waals surface area contributed by atoms with Gasteiger partial charge in [-0.3, -0.25) is 9.88 Å². The first-order valence-electron chi connectivity index (χ1n) is 6.39. The Hall–Kier alpha value is -1.75. The van der Waals surface area contributed by atoms with E-state index in [-0.39, 0.29) is 0 Å². The van der Waals surface area contributed by atoms with E-state index in [4.69, 9.17) is 0 Å². The smallest absolute Gasteiger partial charge is 0.0693 e. The van der Waals surface area contributed by atoms with Crippen LogP contribution in [0.2, 0.25) is 0 Å². The van der Waals surface area contributed by atoms with E-state index in [0.717, 1.165) is 32.5 Å². The molecule has 0 atom stereocenters. The van der Waals surface area contributed by atoms with Gasteiger partial charge in [0.15, 0.2) is 0 Å². The Morgan fingerprint density at radius 3 is 2.78 bits per heavy atom. The maximum atomic E-state index is 4.16. The molecule has 0 spiro atoms. The van der Waals surface area contributed by atoms with Crippen LogP contribution in [0.5, 0.6) is 0 Å². The Labute approximate surface area is 106 Å². The summed E-state index contributed by atoms with van der Waals surface area (Å²) in [6.07, 6.45) is 9.76. The third-order valence-electron chi connectivity index (χ3n) is 3.50. The quantitative estimate of drug-likeness (QED) is 0.820. The van der Waals surface area contributed by atoms with E-state index in [0.29, 0.717) is 6.04 Å². The molecule has 5 nitrogen and oxygen atoms in total. The van der Waals surface area contributed by atoms with Gasteiger partial charge in [0.25, 0.3) is 0 Å². The Morgan fingerprint density at radius 2 is 2.11 bits per heavy atom. The normalized spacial score (nSPS) is 18.0. The Balaban J connectivity index is 1.54. The fourth-order valence-electron chi connectivity index (χ4n) is 2.50. The standard InChI is InChI=1S/C13H17N5/c1-2-12(10-14-5-1)11-17-7-3-13(4-8-17)18-9-6-15-16-18/h1-2,5-6,9-10,13H,3-4,7-8,11H2. The van der Waals surface area contributed by atoms with Gasteiger partial charge in [0, 0.05) is 38.2 Å². The number of piperidine rings is 1. The van der Waals surface area contributed by atoms with E-state index >= 15 is 0 Å². The lowest BCUT2D eigenvalue weighted by atomic mass is 10.0. The highest BCUT2D eigenvalue weighted by Gasteiger charge is 2.20. The van der Waals surface area contributed by atoms with Gasteiger partial charge < -0.3 is 0 Å². The molecule has 0 amide bonds. The van der Waals surface area contributed by atoms with E-state index < -0.39 is 0 Å². The molecule has 1 fully saturated rings. The number of hydrogen-bond donors (Lipinski definition) is 0. The van der Waals surface area contributed by atoms with Crippen LogP contribution in [0.1, 0.15) is 24.4 Å². The fraction of sp³-hybridized carbons (Fsp3) is 0.462. The second-order valence-electron chi connectivity index (χ2n) is 4.75. The molecule has 0 aromatic carbocycles. The number of nitrogens with zero attached hydrogens (tertiary/aromatic N) is 5. The van der Waals surface area contributed by atoms with Crippen molar-refractivity contribution in [3.05, 3.63) is 42.5 Å². The topological polar surface area (TPSA) is 46.8 Å². The Kier molecular flexibility index (Phi) is 3.32. The molecule has 0 bridgehead atoms. The highest BCUT2D eigenvalue weighted by atomic mass is 15.4. The van der Waals surface area contributed by atoms with Crippen molar-refractivity contribution >= 4 is 0 Å². The van der Waals surface area contributed by atoms with Gasteiger partial charge in [-0.2, -0.15) is 0 Å². The maximum Gasteiger partial charge on any atom is 0.0693 e.